The summed E-state index contributed by atoms with van der Waals surface area (Å²) in [5, 5.41) is 1.25. The molecule has 0 fully saturated rings. The van der Waals surface area contributed by atoms with Gasteiger partial charge in [-0.2, -0.15) is 0 Å². The Kier molecular flexibility index (Phi) is 6.19. The third-order valence-electron chi connectivity index (χ3n) is 4.19. The van der Waals surface area contributed by atoms with Crippen molar-refractivity contribution in [1.82, 2.24) is 19.4 Å². The predicted molar refractivity (Wildman–Crippen MR) is 109 cm³/mol. The Hall–Kier alpha value is -2.31. The highest BCUT2D eigenvalue weighted by Crippen LogP contribution is 2.24. The summed E-state index contributed by atoms with van der Waals surface area (Å²) >= 11 is 7.24. The van der Waals surface area contributed by atoms with E-state index in [0.29, 0.717) is 17.5 Å². The van der Waals surface area contributed by atoms with Crippen LogP contribution in [0.2, 0.25) is 5.15 Å². The number of thioether (sulfide) groups is 1. The van der Waals surface area contributed by atoms with Crippen molar-refractivity contribution < 1.29 is 4.79 Å². The smallest absolute Gasteiger partial charge is 0.233 e. The number of pyridine rings is 1. The molecule has 0 unspecified atom stereocenters. The SMILES string of the molecule is Cc1ccc(C)c(-n2ccnc2SCC(=O)N(C)Cc2ccc(Cl)nc2)c1. The lowest BCUT2D eigenvalue weighted by atomic mass is 10.1. The van der Waals surface area contributed by atoms with Gasteiger partial charge in [-0.3, -0.25) is 9.36 Å². The number of nitrogens with zero attached hydrogens (tertiary/aromatic N) is 4. The number of amides is 1. The molecule has 0 aliphatic carbocycles. The van der Waals surface area contributed by atoms with Gasteiger partial charge in [0, 0.05) is 32.2 Å². The molecule has 0 spiro atoms. The fraction of sp³-hybridized carbons (Fsp3) is 0.250. The molecule has 140 valence electrons. The Morgan fingerprint density at radius 3 is 2.78 bits per heavy atom. The van der Waals surface area contributed by atoms with E-state index in [2.05, 4.69) is 42.0 Å². The number of aryl methyl sites for hydroxylation is 2. The van der Waals surface area contributed by atoms with Gasteiger partial charge < -0.3 is 4.90 Å². The van der Waals surface area contributed by atoms with Gasteiger partial charge in [0.05, 0.1) is 11.4 Å². The number of benzene rings is 1. The summed E-state index contributed by atoms with van der Waals surface area (Å²) in [6.45, 7) is 4.63. The van der Waals surface area contributed by atoms with Crippen LogP contribution in [0.5, 0.6) is 0 Å². The second-order valence-corrected chi connectivity index (χ2v) is 7.73. The average molecular weight is 401 g/mol. The first-order valence-electron chi connectivity index (χ1n) is 8.52. The molecular weight excluding hydrogens is 380 g/mol. The Labute approximate surface area is 168 Å². The highest BCUT2D eigenvalue weighted by molar-refractivity contribution is 7.99. The second-order valence-electron chi connectivity index (χ2n) is 6.40. The molecule has 7 heteroatoms. The zero-order valence-corrected chi connectivity index (χ0v) is 17.1. The number of rotatable bonds is 6. The standard InChI is InChI=1S/C20H21ClN4OS/c1-14-4-5-15(2)17(10-14)25-9-8-22-20(25)27-13-19(26)24(3)12-16-6-7-18(21)23-11-16/h4-11H,12-13H2,1-3H3. The van der Waals surface area contributed by atoms with Crippen molar-refractivity contribution in [3.8, 4) is 5.69 Å². The number of halogens is 1. The molecule has 1 aromatic carbocycles. The molecule has 3 aromatic rings. The lowest BCUT2D eigenvalue weighted by Gasteiger charge is -2.17. The Morgan fingerprint density at radius 2 is 2.04 bits per heavy atom. The van der Waals surface area contributed by atoms with Crippen molar-refractivity contribution in [2.75, 3.05) is 12.8 Å². The van der Waals surface area contributed by atoms with Gasteiger partial charge in [-0.15, -0.1) is 0 Å². The number of hydrogen-bond donors (Lipinski definition) is 0. The average Bonchev–Trinajstić information content (AvgIpc) is 3.12. The molecule has 0 aliphatic heterocycles. The van der Waals surface area contributed by atoms with E-state index >= 15 is 0 Å². The van der Waals surface area contributed by atoms with Crippen molar-refractivity contribution in [1.29, 1.82) is 0 Å². The van der Waals surface area contributed by atoms with Crippen LogP contribution in [0.1, 0.15) is 16.7 Å². The lowest BCUT2D eigenvalue weighted by molar-refractivity contribution is -0.127. The van der Waals surface area contributed by atoms with Crippen molar-refractivity contribution in [2.24, 2.45) is 0 Å². The molecule has 0 saturated heterocycles. The van der Waals surface area contributed by atoms with Crippen molar-refractivity contribution in [2.45, 2.75) is 25.5 Å². The van der Waals surface area contributed by atoms with Crippen LogP contribution >= 0.6 is 23.4 Å². The molecule has 0 saturated carbocycles. The predicted octanol–water partition coefficient (Wildman–Crippen LogP) is 4.29. The minimum absolute atomic E-state index is 0.0328. The normalized spacial score (nSPS) is 10.8. The van der Waals surface area contributed by atoms with Crippen LogP contribution in [0.15, 0.2) is 54.1 Å². The minimum Gasteiger partial charge on any atom is -0.341 e. The number of carbonyl (C=O) groups excluding carboxylic acids is 1. The summed E-state index contributed by atoms with van der Waals surface area (Å²) in [6.07, 6.45) is 5.38. The quantitative estimate of drug-likeness (QED) is 0.457. The largest absolute Gasteiger partial charge is 0.341 e. The molecule has 1 amide bonds. The van der Waals surface area contributed by atoms with E-state index in [-0.39, 0.29) is 5.91 Å². The van der Waals surface area contributed by atoms with Crippen LogP contribution in [0.3, 0.4) is 0 Å². The summed E-state index contributed by atoms with van der Waals surface area (Å²) in [4.78, 5) is 22.7. The van der Waals surface area contributed by atoms with Crippen LogP contribution in [-0.2, 0) is 11.3 Å². The van der Waals surface area contributed by atoms with Crippen LogP contribution in [-0.4, -0.2) is 38.1 Å². The Morgan fingerprint density at radius 1 is 1.22 bits per heavy atom. The van der Waals surface area contributed by atoms with E-state index in [1.807, 2.05) is 16.8 Å². The number of carbonyl (C=O) groups is 1. The van der Waals surface area contributed by atoms with E-state index in [1.54, 1.807) is 30.4 Å². The first-order chi connectivity index (χ1) is 12.9. The highest BCUT2D eigenvalue weighted by Gasteiger charge is 2.14. The molecule has 2 heterocycles. The topological polar surface area (TPSA) is 51.0 Å². The van der Waals surface area contributed by atoms with Gasteiger partial charge in [0.15, 0.2) is 5.16 Å². The molecule has 0 aliphatic rings. The lowest BCUT2D eigenvalue weighted by Crippen LogP contribution is -2.28. The fourth-order valence-electron chi connectivity index (χ4n) is 2.66. The van der Waals surface area contributed by atoms with Crippen LogP contribution in [0.25, 0.3) is 5.69 Å². The Balaban J connectivity index is 1.65. The monoisotopic (exact) mass is 400 g/mol. The van der Waals surface area contributed by atoms with Crippen LogP contribution in [0, 0.1) is 13.8 Å². The molecule has 2 aromatic heterocycles. The number of hydrogen-bond acceptors (Lipinski definition) is 4. The van der Waals surface area contributed by atoms with E-state index in [1.165, 1.54) is 22.9 Å². The molecule has 3 rings (SSSR count). The highest BCUT2D eigenvalue weighted by atomic mass is 35.5. The Bertz CT molecular complexity index is 939. The third-order valence-corrected chi connectivity index (χ3v) is 5.37. The van der Waals surface area contributed by atoms with Crippen molar-refractivity contribution in [3.05, 3.63) is 70.8 Å². The second kappa shape index (κ2) is 8.59. The van der Waals surface area contributed by atoms with Gasteiger partial charge in [0.1, 0.15) is 5.15 Å². The molecular formula is C20H21ClN4OS. The molecule has 0 bridgehead atoms. The van der Waals surface area contributed by atoms with E-state index in [0.717, 1.165) is 16.4 Å². The maximum absolute atomic E-state index is 12.5. The zero-order chi connectivity index (χ0) is 19.4. The summed E-state index contributed by atoms with van der Waals surface area (Å²) < 4.78 is 2.03. The van der Waals surface area contributed by atoms with E-state index < -0.39 is 0 Å². The van der Waals surface area contributed by atoms with Gasteiger partial charge in [-0.05, 0) is 42.7 Å². The van der Waals surface area contributed by atoms with Gasteiger partial charge in [0.25, 0.3) is 0 Å². The molecule has 0 atom stereocenters. The van der Waals surface area contributed by atoms with Crippen molar-refractivity contribution >= 4 is 29.3 Å². The van der Waals surface area contributed by atoms with Crippen LogP contribution < -0.4 is 0 Å². The fourth-order valence-corrected chi connectivity index (χ4v) is 3.68. The number of aromatic nitrogens is 3. The minimum atomic E-state index is 0.0328. The summed E-state index contributed by atoms with van der Waals surface area (Å²) in [7, 11) is 1.79. The molecule has 0 N–H and O–H groups in total. The molecule has 27 heavy (non-hydrogen) atoms. The van der Waals surface area contributed by atoms with Gasteiger partial charge in [0.2, 0.25) is 5.91 Å². The van der Waals surface area contributed by atoms with Crippen molar-refractivity contribution in [3.63, 3.8) is 0 Å². The van der Waals surface area contributed by atoms with E-state index in [4.69, 9.17) is 11.6 Å². The van der Waals surface area contributed by atoms with Gasteiger partial charge in [-0.25, -0.2) is 9.97 Å². The number of imidazole rings is 1. The first kappa shape index (κ1) is 19.5. The maximum atomic E-state index is 12.5. The van der Waals surface area contributed by atoms with Gasteiger partial charge in [-0.1, -0.05) is 41.6 Å². The van der Waals surface area contributed by atoms with Gasteiger partial charge >= 0.3 is 0 Å². The summed E-state index contributed by atoms with van der Waals surface area (Å²) in [6, 6.07) is 9.91. The third kappa shape index (κ3) is 4.90. The first-order valence-corrected chi connectivity index (χ1v) is 9.88. The summed E-state index contributed by atoms with van der Waals surface area (Å²) in [5.41, 5.74) is 4.38. The van der Waals surface area contributed by atoms with Crippen LogP contribution in [0.4, 0.5) is 0 Å². The zero-order valence-electron chi connectivity index (χ0n) is 15.5. The summed E-state index contributed by atoms with van der Waals surface area (Å²) in [5.74, 6) is 0.352. The maximum Gasteiger partial charge on any atom is 0.233 e. The van der Waals surface area contributed by atoms with E-state index in [9.17, 15) is 4.79 Å². The molecule has 0 radical (unpaired) electrons. The molecule has 5 nitrogen and oxygen atoms in total.